The second-order valence-electron chi connectivity index (χ2n) is 11.3. The summed E-state index contributed by atoms with van der Waals surface area (Å²) >= 11 is 0. The third-order valence-corrected chi connectivity index (χ3v) is 8.90. The van der Waals surface area contributed by atoms with Crippen molar-refractivity contribution in [1.29, 1.82) is 5.26 Å². The summed E-state index contributed by atoms with van der Waals surface area (Å²) in [4.78, 5) is 2.59. The van der Waals surface area contributed by atoms with Gasteiger partial charge in [-0.25, -0.2) is 0 Å². The Kier molecular flexibility index (Phi) is 10.9. The summed E-state index contributed by atoms with van der Waals surface area (Å²) in [6.07, 6.45) is 11.5. The zero-order valence-corrected chi connectivity index (χ0v) is 26.0. The van der Waals surface area contributed by atoms with Gasteiger partial charge in [0, 0.05) is 13.1 Å². The first-order valence-electron chi connectivity index (χ1n) is 15.1. The molecular formula is C37H43ClN2O2. The van der Waals surface area contributed by atoms with E-state index in [4.69, 9.17) is 9.47 Å². The topological polar surface area (TPSA) is 45.5 Å². The van der Waals surface area contributed by atoms with Gasteiger partial charge in [-0.2, -0.15) is 5.26 Å². The number of benzene rings is 3. The van der Waals surface area contributed by atoms with E-state index in [1.807, 2.05) is 12.1 Å². The minimum absolute atomic E-state index is 0. The third kappa shape index (κ3) is 6.59. The first-order chi connectivity index (χ1) is 20.1. The molecule has 0 bridgehead atoms. The van der Waals surface area contributed by atoms with Gasteiger partial charge < -0.3 is 14.4 Å². The molecule has 3 aromatic rings. The fourth-order valence-electron chi connectivity index (χ4n) is 6.55. The highest BCUT2D eigenvalue weighted by molar-refractivity contribution is 5.94. The van der Waals surface area contributed by atoms with Crippen LogP contribution in [0.4, 0.5) is 0 Å². The van der Waals surface area contributed by atoms with Gasteiger partial charge in [0.2, 0.25) is 0 Å². The smallest absolute Gasteiger partial charge is 0.161 e. The van der Waals surface area contributed by atoms with Crippen molar-refractivity contribution in [3.05, 3.63) is 100 Å². The van der Waals surface area contributed by atoms with Crippen molar-refractivity contribution in [1.82, 2.24) is 4.90 Å². The Morgan fingerprint density at radius 3 is 1.98 bits per heavy atom. The van der Waals surface area contributed by atoms with E-state index >= 15 is 0 Å². The van der Waals surface area contributed by atoms with Gasteiger partial charge in [-0.15, -0.1) is 12.4 Å². The van der Waals surface area contributed by atoms with E-state index in [1.54, 1.807) is 19.8 Å². The summed E-state index contributed by atoms with van der Waals surface area (Å²) in [5.41, 5.74) is 8.80. The molecule has 1 heterocycles. The third-order valence-electron chi connectivity index (χ3n) is 8.90. The number of ether oxygens (including phenoxy) is 2. The Morgan fingerprint density at radius 1 is 0.810 bits per heavy atom. The highest BCUT2D eigenvalue weighted by Crippen LogP contribution is 2.41. The predicted octanol–water partition coefficient (Wildman–Crippen LogP) is 8.94. The average molecular weight is 583 g/mol. The molecule has 0 amide bonds. The standard InChI is InChI=1S/C37H42N2O2.ClH/c1-4-5-21-37(27-38,31-17-18-34(40-2)35(26-31)41-3)22-10-23-39-24-19-30(20-25-39)36-32-13-8-6-11-28(32)15-16-29-12-7-9-14-33(29)36;/h6-9,11-18,26H,4-5,10,19-25H2,1-3H3;1H. The fraction of sp³-hybridized carbons (Fsp3) is 0.378. The number of likely N-dealkylation sites (tertiary alicyclic amines) is 1. The van der Waals surface area contributed by atoms with Crippen molar-refractivity contribution in [2.45, 2.75) is 57.3 Å². The fourth-order valence-corrected chi connectivity index (χ4v) is 6.55. The van der Waals surface area contributed by atoms with Gasteiger partial charge in [-0.1, -0.05) is 92.1 Å². The van der Waals surface area contributed by atoms with Gasteiger partial charge in [-0.05, 0) is 84.2 Å². The first kappa shape index (κ1) is 31.4. The van der Waals surface area contributed by atoms with E-state index in [1.165, 1.54) is 27.8 Å². The average Bonchev–Trinajstić information content (AvgIpc) is 3.20. The largest absolute Gasteiger partial charge is 0.493 e. The number of piperidine rings is 1. The number of nitrogens with zero attached hydrogens (tertiary/aromatic N) is 2. The van der Waals surface area contributed by atoms with Crippen LogP contribution in [0.1, 0.15) is 79.7 Å². The van der Waals surface area contributed by atoms with E-state index in [2.05, 4.69) is 84.6 Å². The molecule has 1 unspecified atom stereocenters. The number of hydrogen-bond donors (Lipinski definition) is 0. The molecule has 0 aromatic heterocycles. The van der Waals surface area contributed by atoms with Gasteiger partial charge in [0.25, 0.3) is 0 Å². The minimum Gasteiger partial charge on any atom is -0.493 e. The highest BCUT2D eigenvalue weighted by atomic mass is 35.5. The molecule has 220 valence electrons. The second kappa shape index (κ2) is 14.6. The van der Waals surface area contributed by atoms with Gasteiger partial charge in [0.05, 0.1) is 25.7 Å². The molecule has 0 saturated carbocycles. The lowest BCUT2D eigenvalue weighted by molar-refractivity contribution is 0.243. The number of methoxy groups -OCH3 is 2. The maximum Gasteiger partial charge on any atom is 0.161 e. The summed E-state index contributed by atoms with van der Waals surface area (Å²) < 4.78 is 11.0. The number of nitriles is 1. The van der Waals surface area contributed by atoms with Gasteiger partial charge in [0.1, 0.15) is 0 Å². The van der Waals surface area contributed by atoms with Crippen molar-refractivity contribution in [3.8, 4) is 17.6 Å². The maximum atomic E-state index is 10.5. The Bertz CT molecular complexity index is 1410. The van der Waals surface area contributed by atoms with E-state index < -0.39 is 5.41 Å². The van der Waals surface area contributed by atoms with E-state index in [0.717, 1.165) is 70.1 Å². The molecule has 1 fully saturated rings. The van der Waals surface area contributed by atoms with Crippen LogP contribution in [0, 0.1) is 11.3 Å². The van der Waals surface area contributed by atoms with Crippen LogP contribution in [0.15, 0.2) is 72.3 Å². The number of hydrogen-bond acceptors (Lipinski definition) is 4. The molecule has 4 nitrogen and oxygen atoms in total. The number of unbranched alkanes of at least 4 members (excludes halogenated alkanes) is 1. The number of rotatable bonds is 10. The van der Waals surface area contributed by atoms with Crippen LogP contribution in [0.3, 0.4) is 0 Å². The van der Waals surface area contributed by atoms with Crippen LogP contribution in [0.2, 0.25) is 0 Å². The van der Waals surface area contributed by atoms with E-state index in [9.17, 15) is 5.26 Å². The summed E-state index contributed by atoms with van der Waals surface area (Å²) in [5.74, 6) is 1.39. The van der Waals surface area contributed by atoms with Crippen molar-refractivity contribution in [2.24, 2.45) is 0 Å². The Hall–Kier alpha value is -3.52. The Morgan fingerprint density at radius 2 is 1.40 bits per heavy atom. The van der Waals surface area contributed by atoms with Gasteiger partial charge in [0.15, 0.2) is 11.5 Å². The molecule has 1 saturated heterocycles. The molecule has 42 heavy (non-hydrogen) atoms. The first-order valence-corrected chi connectivity index (χ1v) is 15.1. The molecule has 3 aromatic carbocycles. The van der Waals surface area contributed by atoms with Crippen molar-refractivity contribution >= 4 is 30.1 Å². The number of halogens is 1. The van der Waals surface area contributed by atoms with Crippen LogP contribution < -0.4 is 9.47 Å². The minimum atomic E-state index is -0.515. The highest BCUT2D eigenvalue weighted by Gasteiger charge is 2.33. The summed E-state index contributed by atoms with van der Waals surface area (Å²) in [6.45, 7) is 5.32. The summed E-state index contributed by atoms with van der Waals surface area (Å²) in [7, 11) is 3.31. The van der Waals surface area contributed by atoms with Gasteiger partial charge in [-0.3, -0.25) is 0 Å². The predicted molar refractivity (Wildman–Crippen MR) is 176 cm³/mol. The quantitative estimate of drug-likeness (QED) is 0.187. The van der Waals surface area contributed by atoms with Crippen LogP contribution in [0.5, 0.6) is 11.5 Å². The normalized spacial score (nSPS) is 15.9. The van der Waals surface area contributed by atoms with E-state index in [-0.39, 0.29) is 12.4 Å². The summed E-state index contributed by atoms with van der Waals surface area (Å²) in [6, 6.07) is 26.3. The SMILES string of the molecule is CCCCC(C#N)(CCCN1CCC(=C2c3ccccc3C=Cc3ccccc32)CC1)c1ccc(OC)c(OC)c1.Cl. The van der Waals surface area contributed by atoms with Crippen LogP contribution in [-0.2, 0) is 5.41 Å². The number of fused-ring (bicyclic) bond motifs is 2. The lowest BCUT2D eigenvalue weighted by Gasteiger charge is -2.32. The molecule has 0 spiro atoms. The molecule has 5 heteroatoms. The second-order valence-corrected chi connectivity index (χ2v) is 11.3. The van der Waals surface area contributed by atoms with Crippen molar-refractivity contribution < 1.29 is 9.47 Å². The van der Waals surface area contributed by atoms with E-state index in [0.29, 0.717) is 11.5 Å². The maximum absolute atomic E-state index is 10.5. The zero-order valence-electron chi connectivity index (χ0n) is 25.2. The Labute approximate surface area is 258 Å². The monoisotopic (exact) mass is 582 g/mol. The van der Waals surface area contributed by atoms with Crippen molar-refractivity contribution in [3.63, 3.8) is 0 Å². The van der Waals surface area contributed by atoms with Crippen LogP contribution in [0.25, 0.3) is 17.7 Å². The Balaban J connectivity index is 0.00000405. The van der Waals surface area contributed by atoms with Crippen LogP contribution in [-0.4, -0.2) is 38.8 Å². The van der Waals surface area contributed by atoms with Crippen molar-refractivity contribution in [2.75, 3.05) is 33.9 Å². The van der Waals surface area contributed by atoms with Crippen LogP contribution >= 0.6 is 12.4 Å². The molecular weight excluding hydrogens is 540 g/mol. The lowest BCUT2D eigenvalue weighted by atomic mass is 9.74. The molecule has 5 rings (SSSR count). The molecule has 1 aliphatic heterocycles. The molecule has 0 N–H and O–H groups in total. The lowest BCUT2D eigenvalue weighted by Crippen LogP contribution is -2.33. The summed E-state index contributed by atoms with van der Waals surface area (Å²) in [5, 5.41) is 10.5. The zero-order chi connectivity index (χ0) is 28.7. The molecule has 1 aliphatic carbocycles. The van der Waals surface area contributed by atoms with Gasteiger partial charge >= 0.3 is 0 Å². The molecule has 1 atom stereocenters. The molecule has 2 aliphatic rings. The molecule has 0 radical (unpaired) electrons.